The first kappa shape index (κ1) is 16.6. The summed E-state index contributed by atoms with van der Waals surface area (Å²) in [5.41, 5.74) is -0.246. The van der Waals surface area contributed by atoms with Crippen molar-refractivity contribution in [2.24, 2.45) is 28.6 Å². The summed E-state index contributed by atoms with van der Waals surface area (Å²) >= 11 is 0. The van der Waals surface area contributed by atoms with E-state index in [-0.39, 0.29) is 16.7 Å². The van der Waals surface area contributed by atoms with E-state index in [9.17, 15) is 9.90 Å². The van der Waals surface area contributed by atoms with Gasteiger partial charge in [0.15, 0.2) is 0 Å². The second kappa shape index (κ2) is 5.33. The first-order valence-electron chi connectivity index (χ1n) is 9.97. The van der Waals surface area contributed by atoms with Crippen molar-refractivity contribution in [3.8, 4) is 0 Å². The van der Waals surface area contributed by atoms with Crippen molar-refractivity contribution < 1.29 is 9.90 Å². The molecule has 3 heteroatoms. The fourth-order valence-corrected chi connectivity index (χ4v) is 7.39. The van der Waals surface area contributed by atoms with Crippen LogP contribution in [0.1, 0.15) is 71.6 Å². The van der Waals surface area contributed by atoms with Crippen molar-refractivity contribution in [3.63, 3.8) is 0 Å². The maximum absolute atomic E-state index is 11.9. The van der Waals surface area contributed by atoms with Crippen molar-refractivity contribution in [3.05, 3.63) is 12.7 Å². The number of aliphatic hydroxyl groups is 1. The number of hydrogen-bond donors (Lipinski definition) is 2. The molecule has 3 aliphatic carbocycles. The highest BCUT2D eigenvalue weighted by Crippen LogP contribution is 2.67. The van der Waals surface area contributed by atoms with Gasteiger partial charge < -0.3 is 10.4 Å². The summed E-state index contributed by atoms with van der Waals surface area (Å²) in [7, 11) is 0. The molecule has 0 bridgehead atoms. The number of hydrogen-bond acceptors (Lipinski definition) is 2. The van der Waals surface area contributed by atoms with Crippen LogP contribution in [0.5, 0.6) is 0 Å². The van der Waals surface area contributed by atoms with Crippen LogP contribution in [0, 0.1) is 28.6 Å². The molecule has 134 valence electrons. The van der Waals surface area contributed by atoms with Crippen molar-refractivity contribution in [2.45, 2.75) is 83.3 Å². The molecule has 0 aromatic carbocycles. The molecule has 7 atom stereocenters. The average molecular weight is 332 g/mol. The molecule has 3 nitrogen and oxygen atoms in total. The van der Waals surface area contributed by atoms with Crippen molar-refractivity contribution in [2.75, 3.05) is 0 Å². The highest BCUT2D eigenvalue weighted by atomic mass is 16.3. The Morgan fingerprint density at radius 2 is 1.92 bits per heavy atom. The van der Waals surface area contributed by atoms with Gasteiger partial charge in [-0.15, -0.1) is 6.58 Å². The number of carbonyl (C=O) groups excluding carboxylic acids is 1. The Bertz CT molecular complexity index is 558. The molecule has 0 spiro atoms. The molecule has 4 aliphatic rings. The monoisotopic (exact) mass is 331 g/mol. The molecule has 24 heavy (non-hydrogen) atoms. The van der Waals surface area contributed by atoms with Gasteiger partial charge in [0, 0.05) is 12.5 Å². The number of rotatable bonds is 2. The molecule has 3 saturated carbocycles. The van der Waals surface area contributed by atoms with Gasteiger partial charge in [0.25, 0.3) is 0 Å². The second-order valence-corrected chi connectivity index (χ2v) is 9.60. The summed E-state index contributed by atoms with van der Waals surface area (Å²) in [6.45, 7) is 8.67. The summed E-state index contributed by atoms with van der Waals surface area (Å²) in [5, 5.41) is 14.6. The maximum atomic E-state index is 11.9. The summed E-state index contributed by atoms with van der Waals surface area (Å²) in [5.74, 6) is 2.31. The fourth-order valence-electron chi connectivity index (χ4n) is 7.39. The summed E-state index contributed by atoms with van der Waals surface area (Å²) in [4.78, 5) is 11.9. The minimum atomic E-state index is -0.553. The summed E-state index contributed by atoms with van der Waals surface area (Å²) in [6, 6.07) is 0.373. The second-order valence-electron chi connectivity index (χ2n) is 9.60. The Morgan fingerprint density at radius 3 is 2.67 bits per heavy atom. The molecule has 1 amide bonds. The van der Waals surface area contributed by atoms with Crippen LogP contribution < -0.4 is 5.32 Å². The summed E-state index contributed by atoms with van der Waals surface area (Å²) < 4.78 is 0. The fraction of sp³-hybridized carbons (Fsp3) is 0.857. The van der Waals surface area contributed by atoms with E-state index in [1.807, 2.05) is 6.08 Å². The molecule has 0 unspecified atom stereocenters. The van der Waals surface area contributed by atoms with Crippen LogP contribution in [0.2, 0.25) is 0 Å². The first-order chi connectivity index (χ1) is 11.3. The third-order valence-electron chi connectivity index (χ3n) is 8.90. The van der Waals surface area contributed by atoms with Crippen LogP contribution in [0.4, 0.5) is 0 Å². The molecule has 4 rings (SSSR count). The van der Waals surface area contributed by atoms with E-state index >= 15 is 0 Å². The van der Waals surface area contributed by atoms with Crippen molar-refractivity contribution in [1.82, 2.24) is 5.32 Å². The Hall–Kier alpha value is -0.830. The Morgan fingerprint density at radius 1 is 1.17 bits per heavy atom. The zero-order valence-electron chi connectivity index (χ0n) is 15.3. The molecule has 2 N–H and O–H groups in total. The number of piperidine rings is 1. The first-order valence-corrected chi connectivity index (χ1v) is 9.97. The predicted molar refractivity (Wildman–Crippen MR) is 95.3 cm³/mol. The molecular weight excluding hydrogens is 298 g/mol. The van der Waals surface area contributed by atoms with Gasteiger partial charge in [0.05, 0.1) is 5.60 Å². The van der Waals surface area contributed by atoms with Gasteiger partial charge in [0.1, 0.15) is 0 Å². The summed E-state index contributed by atoms with van der Waals surface area (Å²) in [6.07, 6.45) is 11.1. The van der Waals surface area contributed by atoms with Gasteiger partial charge in [-0.1, -0.05) is 19.9 Å². The molecule has 0 aromatic heterocycles. The predicted octanol–water partition coefficient (Wildman–Crippen LogP) is 3.81. The highest BCUT2D eigenvalue weighted by molar-refractivity contribution is 5.77. The van der Waals surface area contributed by atoms with E-state index in [1.54, 1.807) is 0 Å². The van der Waals surface area contributed by atoms with Crippen LogP contribution in [0.15, 0.2) is 12.7 Å². The number of nitrogens with one attached hydrogen (secondary N) is 1. The number of carbonyl (C=O) groups is 1. The lowest BCUT2D eigenvalue weighted by Crippen LogP contribution is -2.62. The number of fused-ring (bicyclic) bond motifs is 5. The normalized spacial score (nSPS) is 53.5. The third kappa shape index (κ3) is 2.03. The molecule has 1 heterocycles. The van der Waals surface area contributed by atoms with E-state index in [0.29, 0.717) is 24.3 Å². The van der Waals surface area contributed by atoms with Crippen LogP contribution in [-0.4, -0.2) is 22.7 Å². The topological polar surface area (TPSA) is 49.3 Å². The minimum absolute atomic E-state index is 0.0451. The Balaban J connectivity index is 1.63. The SMILES string of the molecule is C=CC[C@]1(O)CC[C@H]2[C@@H]3CC[C@H]4NC(=O)CC[C@]4(C)[C@H]3CC[C@@]21C. The lowest BCUT2D eigenvalue weighted by molar-refractivity contribution is -0.150. The van der Waals surface area contributed by atoms with Gasteiger partial charge in [-0.3, -0.25) is 4.79 Å². The van der Waals surface area contributed by atoms with E-state index in [1.165, 1.54) is 12.8 Å². The van der Waals surface area contributed by atoms with E-state index in [0.717, 1.165) is 44.4 Å². The van der Waals surface area contributed by atoms with Gasteiger partial charge in [0.2, 0.25) is 5.91 Å². The molecule has 0 aromatic rings. The Kier molecular flexibility index (Phi) is 3.69. The van der Waals surface area contributed by atoms with Crippen molar-refractivity contribution >= 4 is 5.91 Å². The molecule has 1 aliphatic heterocycles. The van der Waals surface area contributed by atoms with E-state index < -0.39 is 5.60 Å². The van der Waals surface area contributed by atoms with Gasteiger partial charge in [-0.2, -0.15) is 0 Å². The van der Waals surface area contributed by atoms with Crippen LogP contribution in [0.3, 0.4) is 0 Å². The maximum Gasteiger partial charge on any atom is 0.220 e. The largest absolute Gasteiger partial charge is 0.389 e. The standard InChI is InChI=1S/C21H33NO2/c1-4-10-21(24)13-8-16-14-5-6-17-19(2,11-9-18(23)22-17)15(14)7-12-20(16,21)3/h4,14-17,24H,1,5-13H2,2-3H3,(H,22,23)/t14-,15+,16+,17-,19-,20+,21+/m1/s1. The minimum Gasteiger partial charge on any atom is -0.389 e. The molecule has 1 saturated heterocycles. The molecular formula is C21H33NO2. The van der Waals surface area contributed by atoms with Crippen LogP contribution in [0.25, 0.3) is 0 Å². The third-order valence-corrected chi connectivity index (χ3v) is 8.90. The van der Waals surface area contributed by atoms with Gasteiger partial charge in [-0.05, 0) is 80.0 Å². The quantitative estimate of drug-likeness (QED) is 0.756. The van der Waals surface area contributed by atoms with Crippen LogP contribution >= 0.6 is 0 Å². The highest BCUT2D eigenvalue weighted by Gasteiger charge is 2.64. The smallest absolute Gasteiger partial charge is 0.220 e. The lowest BCUT2D eigenvalue weighted by Gasteiger charge is -2.61. The van der Waals surface area contributed by atoms with E-state index in [4.69, 9.17) is 0 Å². The lowest BCUT2D eigenvalue weighted by atomic mass is 9.46. The van der Waals surface area contributed by atoms with Gasteiger partial charge in [-0.25, -0.2) is 0 Å². The van der Waals surface area contributed by atoms with Gasteiger partial charge >= 0.3 is 0 Å². The molecule has 4 fully saturated rings. The van der Waals surface area contributed by atoms with E-state index in [2.05, 4.69) is 25.7 Å². The average Bonchev–Trinajstić information content (AvgIpc) is 2.80. The number of amides is 1. The van der Waals surface area contributed by atoms with Crippen LogP contribution in [-0.2, 0) is 4.79 Å². The molecule has 0 radical (unpaired) electrons. The van der Waals surface area contributed by atoms with Crippen molar-refractivity contribution in [1.29, 1.82) is 0 Å². The zero-order valence-corrected chi connectivity index (χ0v) is 15.3. The Labute approximate surface area is 146 Å². The zero-order chi connectivity index (χ0) is 17.2.